The Balaban J connectivity index is 1.51. The molecule has 3 aromatic rings. The minimum Gasteiger partial charge on any atom is -0.444 e. The van der Waals surface area contributed by atoms with E-state index in [1.54, 1.807) is 17.2 Å². The number of rotatable bonds is 3. The van der Waals surface area contributed by atoms with Gasteiger partial charge in [-0.15, -0.1) is 0 Å². The quantitative estimate of drug-likeness (QED) is 0.569. The predicted molar refractivity (Wildman–Crippen MR) is 130 cm³/mol. The fourth-order valence-electron chi connectivity index (χ4n) is 4.69. The number of hydrogen-bond donors (Lipinski definition) is 0. The Kier molecular flexibility index (Phi) is 5.43. The summed E-state index contributed by atoms with van der Waals surface area (Å²) in [6.45, 7) is 9.65. The van der Waals surface area contributed by atoms with Crippen LogP contribution in [-0.2, 0) is 4.74 Å². The van der Waals surface area contributed by atoms with Gasteiger partial charge in [0.15, 0.2) is 0 Å². The molecule has 0 aromatic carbocycles. The molecule has 0 radical (unpaired) electrons. The highest BCUT2D eigenvalue weighted by Gasteiger charge is 2.34. The molecule has 1 saturated heterocycles. The lowest BCUT2D eigenvalue weighted by atomic mass is 10.1. The zero-order valence-electron chi connectivity index (χ0n) is 20.2. The SMILES string of the molecule is C[C@H]1CN(C(=O)OC(C)(C)C)CCN1c1nccc2c1c(C1CC1)cn2-c1cc(C#N)ccn1. The van der Waals surface area contributed by atoms with Gasteiger partial charge in [-0.05, 0) is 70.2 Å². The Morgan fingerprint density at radius 3 is 2.62 bits per heavy atom. The van der Waals surface area contributed by atoms with Gasteiger partial charge >= 0.3 is 6.09 Å². The number of fused-ring (bicyclic) bond motifs is 1. The van der Waals surface area contributed by atoms with Gasteiger partial charge in [-0.25, -0.2) is 14.8 Å². The van der Waals surface area contributed by atoms with E-state index in [0.717, 1.165) is 22.5 Å². The molecule has 3 aromatic heterocycles. The monoisotopic (exact) mass is 458 g/mol. The fraction of sp³-hybridized carbons (Fsp3) is 0.462. The molecule has 1 aliphatic carbocycles. The second-order valence-corrected chi connectivity index (χ2v) is 10.2. The second-order valence-electron chi connectivity index (χ2n) is 10.2. The van der Waals surface area contributed by atoms with Crippen molar-refractivity contribution in [3.8, 4) is 11.9 Å². The van der Waals surface area contributed by atoms with Crippen molar-refractivity contribution in [1.82, 2.24) is 19.4 Å². The number of carbonyl (C=O) groups is 1. The molecule has 2 fully saturated rings. The summed E-state index contributed by atoms with van der Waals surface area (Å²) in [6.07, 6.45) is 7.75. The first-order valence-corrected chi connectivity index (χ1v) is 11.9. The second kappa shape index (κ2) is 8.32. The van der Waals surface area contributed by atoms with Crippen LogP contribution < -0.4 is 4.90 Å². The number of nitrogens with zero attached hydrogens (tertiary/aromatic N) is 6. The molecule has 0 N–H and O–H groups in total. The van der Waals surface area contributed by atoms with Crippen LogP contribution in [0.2, 0.25) is 0 Å². The van der Waals surface area contributed by atoms with E-state index in [4.69, 9.17) is 9.72 Å². The van der Waals surface area contributed by atoms with Crippen molar-refractivity contribution in [2.24, 2.45) is 0 Å². The smallest absolute Gasteiger partial charge is 0.410 e. The number of pyridine rings is 2. The molecule has 2 aliphatic rings. The Morgan fingerprint density at radius 2 is 1.94 bits per heavy atom. The molecule has 1 aliphatic heterocycles. The summed E-state index contributed by atoms with van der Waals surface area (Å²) in [5, 5.41) is 10.5. The van der Waals surface area contributed by atoms with Crippen LogP contribution in [-0.4, -0.2) is 56.8 Å². The highest BCUT2D eigenvalue weighted by Crippen LogP contribution is 2.46. The Morgan fingerprint density at radius 1 is 1.18 bits per heavy atom. The van der Waals surface area contributed by atoms with Crippen LogP contribution in [0.15, 0.2) is 36.8 Å². The highest BCUT2D eigenvalue weighted by molar-refractivity contribution is 5.95. The average molecular weight is 459 g/mol. The maximum absolute atomic E-state index is 12.6. The lowest BCUT2D eigenvalue weighted by molar-refractivity contribution is 0.0218. The molecule has 0 bridgehead atoms. The molecular weight excluding hydrogens is 428 g/mol. The first kappa shape index (κ1) is 22.2. The molecule has 8 nitrogen and oxygen atoms in total. The fourth-order valence-corrected chi connectivity index (χ4v) is 4.69. The Hall–Kier alpha value is -3.60. The van der Waals surface area contributed by atoms with Crippen LogP contribution in [0.25, 0.3) is 16.7 Å². The number of nitriles is 1. The maximum atomic E-state index is 12.6. The van der Waals surface area contributed by atoms with E-state index < -0.39 is 5.60 Å². The number of aromatic nitrogens is 3. The molecule has 176 valence electrons. The average Bonchev–Trinajstić information content (AvgIpc) is 3.57. The highest BCUT2D eigenvalue weighted by atomic mass is 16.6. The summed E-state index contributed by atoms with van der Waals surface area (Å²) in [6, 6.07) is 7.86. The van der Waals surface area contributed by atoms with Gasteiger partial charge in [-0.1, -0.05) is 0 Å². The summed E-state index contributed by atoms with van der Waals surface area (Å²) < 4.78 is 7.67. The number of carbonyl (C=O) groups excluding carboxylic acids is 1. The number of ether oxygens (including phenoxy) is 1. The van der Waals surface area contributed by atoms with Crippen molar-refractivity contribution >= 4 is 22.8 Å². The van der Waals surface area contributed by atoms with Crippen LogP contribution in [0.5, 0.6) is 0 Å². The molecule has 34 heavy (non-hydrogen) atoms. The molecule has 8 heteroatoms. The van der Waals surface area contributed by atoms with Gasteiger partial charge in [0, 0.05) is 49.7 Å². The van der Waals surface area contributed by atoms with E-state index >= 15 is 0 Å². The normalized spacial score (nSPS) is 18.7. The zero-order valence-corrected chi connectivity index (χ0v) is 20.2. The molecule has 1 saturated carbocycles. The standard InChI is InChI=1S/C26H30N6O2/c1-17-15-30(25(33)34-26(2,3)4)11-12-31(17)24-23-20(19-5-6-19)16-32(21(23)8-10-29-24)22-13-18(14-27)7-9-28-22/h7-10,13,16-17,19H,5-6,11-12,15H2,1-4H3/t17-/m0/s1. The predicted octanol–water partition coefficient (Wildman–Crippen LogP) is 4.62. The third kappa shape index (κ3) is 4.18. The molecule has 1 atom stereocenters. The summed E-state index contributed by atoms with van der Waals surface area (Å²) in [4.78, 5) is 26.1. The Bertz CT molecular complexity index is 1280. The zero-order chi connectivity index (χ0) is 24.0. The van der Waals surface area contributed by atoms with Crippen LogP contribution in [0.3, 0.4) is 0 Å². The summed E-state index contributed by atoms with van der Waals surface area (Å²) in [7, 11) is 0. The van der Waals surface area contributed by atoms with Crippen LogP contribution in [0.1, 0.15) is 57.6 Å². The lowest BCUT2D eigenvalue weighted by Gasteiger charge is -2.41. The Labute approximate surface area is 199 Å². The summed E-state index contributed by atoms with van der Waals surface area (Å²) in [5.74, 6) is 2.20. The largest absolute Gasteiger partial charge is 0.444 e. The van der Waals surface area contributed by atoms with Crippen LogP contribution >= 0.6 is 0 Å². The number of hydrogen-bond acceptors (Lipinski definition) is 6. The topological polar surface area (TPSA) is 87.3 Å². The summed E-state index contributed by atoms with van der Waals surface area (Å²) >= 11 is 0. The van der Waals surface area contributed by atoms with Gasteiger partial charge in [-0.2, -0.15) is 5.26 Å². The van der Waals surface area contributed by atoms with Gasteiger partial charge in [0.05, 0.1) is 17.1 Å². The summed E-state index contributed by atoms with van der Waals surface area (Å²) in [5.41, 5.74) is 2.39. The van der Waals surface area contributed by atoms with Crippen molar-refractivity contribution < 1.29 is 9.53 Å². The van der Waals surface area contributed by atoms with Gasteiger partial charge in [-0.3, -0.25) is 0 Å². The van der Waals surface area contributed by atoms with Crippen LogP contribution in [0.4, 0.5) is 10.6 Å². The van der Waals surface area contributed by atoms with Gasteiger partial charge in [0.25, 0.3) is 0 Å². The van der Waals surface area contributed by atoms with E-state index in [-0.39, 0.29) is 12.1 Å². The van der Waals surface area contributed by atoms with Crippen LogP contribution in [0, 0.1) is 11.3 Å². The van der Waals surface area contributed by atoms with Gasteiger partial charge < -0.3 is 19.1 Å². The molecule has 1 amide bonds. The molecular formula is C26H30N6O2. The first-order valence-electron chi connectivity index (χ1n) is 11.9. The van der Waals surface area contributed by atoms with Crippen molar-refractivity contribution in [2.45, 2.75) is 58.1 Å². The molecule has 4 heterocycles. The van der Waals surface area contributed by atoms with Crippen molar-refractivity contribution in [1.29, 1.82) is 5.26 Å². The molecule has 0 spiro atoms. The van der Waals surface area contributed by atoms with E-state index in [1.807, 2.05) is 39.1 Å². The minimum absolute atomic E-state index is 0.0924. The van der Waals surface area contributed by atoms with Crippen molar-refractivity contribution in [3.05, 3.63) is 47.9 Å². The molecule has 5 rings (SSSR count). The van der Waals surface area contributed by atoms with E-state index in [9.17, 15) is 10.1 Å². The van der Waals surface area contributed by atoms with Gasteiger partial charge in [0.1, 0.15) is 17.2 Å². The third-order valence-corrected chi connectivity index (χ3v) is 6.42. The van der Waals surface area contributed by atoms with Gasteiger partial charge in [0.2, 0.25) is 0 Å². The number of piperazine rings is 1. The number of amides is 1. The van der Waals surface area contributed by atoms with E-state index in [1.165, 1.54) is 18.4 Å². The third-order valence-electron chi connectivity index (χ3n) is 6.42. The van der Waals surface area contributed by atoms with E-state index in [2.05, 4.69) is 33.6 Å². The first-order chi connectivity index (χ1) is 16.2. The number of anilines is 1. The molecule has 0 unspecified atom stereocenters. The van der Waals surface area contributed by atoms with Crippen molar-refractivity contribution in [2.75, 3.05) is 24.5 Å². The maximum Gasteiger partial charge on any atom is 0.410 e. The van der Waals surface area contributed by atoms with Crippen molar-refractivity contribution in [3.63, 3.8) is 0 Å². The van der Waals surface area contributed by atoms with E-state index in [0.29, 0.717) is 31.1 Å². The minimum atomic E-state index is -0.510. The lowest BCUT2D eigenvalue weighted by Crippen LogP contribution is -2.54.